The van der Waals surface area contributed by atoms with Crippen LogP contribution in [0.4, 0.5) is 0 Å². The minimum absolute atomic E-state index is 0.337. The lowest BCUT2D eigenvalue weighted by Crippen LogP contribution is -2.26. The maximum atomic E-state index is 12.4. The van der Waals surface area contributed by atoms with Gasteiger partial charge in [0.2, 0.25) is 10.0 Å². The lowest BCUT2D eigenvalue weighted by molar-refractivity contribution is 0.192. The third kappa shape index (κ3) is 5.74. The molecule has 0 spiro atoms. The first-order valence-corrected chi connectivity index (χ1v) is 8.84. The third-order valence-electron chi connectivity index (χ3n) is 3.36. The van der Waals surface area contributed by atoms with Gasteiger partial charge in [0.1, 0.15) is 0 Å². The van der Waals surface area contributed by atoms with Crippen molar-refractivity contribution in [2.45, 2.75) is 44.0 Å². The number of sulfonamides is 1. The Kier molecular flexibility index (Phi) is 7.88. The van der Waals surface area contributed by atoms with Crippen LogP contribution in [0.25, 0.3) is 0 Å². The number of rotatable bonds is 10. The van der Waals surface area contributed by atoms with E-state index in [4.69, 9.17) is 10.5 Å². The summed E-state index contributed by atoms with van der Waals surface area (Å²) in [5, 5.41) is 0. The molecule has 0 aliphatic heterocycles. The van der Waals surface area contributed by atoms with Gasteiger partial charge in [-0.2, -0.15) is 0 Å². The van der Waals surface area contributed by atoms with Crippen LogP contribution in [0.2, 0.25) is 0 Å². The van der Waals surface area contributed by atoms with E-state index in [1.54, 1.807) is 13.2 Å². The number of nitrogens with two attached hydrogens (primary N) is 1. The van der Waals surface area contributed by atoms with E-state index in [9.17, 15) is 8.42 Å². The van der Waals surface area contributed by atoms with Gasteiger partial charge in [0.05, 0.1) is 4.90 Å². The van der Waals surface area contributed by atoms with Crippen LogP contribution in [0, 0.1) is 0 Å². The number of nitrogens with one attached hydrogen (secondary N) is 1. The van der Waals surface area contributed by atoms with Gasteiger partial charge in [-0.05, 0) is 42.9 Å². The summed E-state index contributed by atoms with van der Waals surface area (Å²) in [5.74, 6) is 0. The smallest absolute Gasteiger partial charge is 0.240 e. The van der Waals surface area contributed by atoms with Gasteiger partial charge in [-0.25, -0.2) is 13.1 Å². The highest BCUT2D eigenvalue weighted by atomic mass is 32.2. The zero-order chi connectivity index (χ0) is 15.7. The highest BCUT2D eigenvalue weighted by molar-refractivity contribution is 7.89. The van der Waals surface area contributed by atoms with Crippen molar-refractivity contribution in [1.29, 1.82) is 0 Å². The molecule has 0 aliphatic carbocycles. The molecular formula is C15H26N2O3S. The molecule has 6 heteroatoms. The van der Waals surface area contributed by atoms with E-state index < -0.39 is 10.0 Å². The molecule has 3 N–H and O–H groups in total. The fraction of sp³-hybridized carbons (Fsp3) is 0.600. The summed E-state index contributed by atoms with van der Waals surface area (Å²) in [6.45, 7) is 3.44. The van der Waals surface area contributed by atoms with Crippen molar-refractivity contribution in [3.05, 3.63) is 29.3 Å². The molecule has 0 bridgehead atoms. The summed E-state index contributed by atoms with van der Waals surface area (Å²) in [6.07, 6.45) is 3.37. The molecule has 1 aromatic carbocycles. The molecule has 0 unspecified atom stereocenters. The van der Waals surface area contributed by atoms with Gasteiger partial charge in [-0.3, -0.25) is 0 Å². The van der Waals surface area contributed by atoms with Crippen molar-refractivity contribution in [2.24, 2.45) is 5.73 Å². The van der Waals surface area contributed by atoms with E-state index in [0.29, 0.717) is 31.0 Å². The number of ether oxygens (including phenoxy) is 1. The van der Waals surface area contributed by atoms with E-state index in [2.05, 4.69) is 4.72 Å². The zero-order valence-corrected chi connectivity index (χ0v) is 13.7. The molecule has 0 saturated carbocycles. The number of aryl methyl sites for hydroxylation is 1. The Morgan fingerprint density at radius 2 is 2.00 bits per heavy atom. The number of hydrogen-bond donors (Lipinski definition) is 2. The summed E-state index contributed by atoms with van der Waals surface area (Å²) < 4.78 is 32.4. The Balaban J connectivity index is 2.69. The zero-order valence-electron chi connectivity index (χ0n) is 12.9. The summed E-state index contributed by atoms with van der Waals surface area (Å²) in [6, 6.07) is 5.39. The Hall–Kier alpha value is -0.950. The van der Waals surface area contributed by atoms with Gasteiger partial charge in [0.15, 0.2) is 0 Å². The van der Waals surface area contributed by atoms with Crippen molar-refractivity contribution in [3.63, 3.8) is 0 Å². The lowest BCUT2D eigenvalue weighted by Gasteiger charge is -2.12. The number of methoxy groups -OCH3 is 1. The summed E-state index contributed by atoms with van der Waals surface area (Å²) in [7, 11) is -1.80. The first kappa shape index (κ1) is 18.1. The first-order valence-electron chi connectivity index (χ1n) is 7.35. The van der Waals surface area contributed by atoms with Gasteiger partial charge in [0, 0.05) is 26.8 Å². The van der Waals surface area contributed by atoms with Crippen LogP contribution >= 0.6 is 0 Å². The second kappa shape index (κ2) is 9.15. The highest BCUT2D eigenvalue weighted by Gasteiger charge is 2.17. The number of unbranched alkanes of at least 4 members (excludes halogenated alkanes) is 2. The Morgan fingerprint density at radius 3 is 2.62 bits per heavy atom. The molecule has 0 heterocycles. The normalized spacial score (nSPS) is 11.8. The Labute approximate surface area is 127 Å². The quantitative estimate of drug-likeness (QED) is 0.645. The van der Waals surface area contributed by atoms with E-state index >= 15 is 0 Å². The van der Waals surface area contributed by atoms with Crippen molar-refractivity contribution >= 4 is 10.0 Å². The second-order valence-electron chi connectivity index (χ2n) is 4.95. The topological polar surface area (TPSA) is 81.4 Å². The van der Waals surface area contributed by atoms with Crippen molar-refractivity contribution < 1.29 is 13.2 Å². The van der Waals surface area contributed by atoms with E-state index in [0.717, 1.165) is 30.4 Å². The molecule has 0 amide bonds. The van der Waals surface area contributed by atoms with Crippen molar-refractivity contribution in [3.8, 4) is 0 Å². The Bertz CT molecular complexity index is 530. The third-order valence-corrected chi connectivity index (χ3v) is 4.90. The minimum Gasteiger partial charge on any atom is -0.385 e. The largest absolute Gasteiger partial charge is 0.385 e. The summed E-state index contributed by atoms with van der Waals surface area (Å²) in [4.78, 5) is 0.352. The van der Waals surface area contributed by atoms with Gasteiger partial charge in [-0.1, -0.05) is 19.1 Å². The molecule has 1 rings (SSSR count). The van der Waals surface area contributed by atoms with Crippen LogP contribution in [-0.4, -0.2) is 28.7 Å². The molecule has 0 saturated heterocycles. The van der Waals surface area contributed by atoms with Crippen LogP contribution in [-0.2, 0) is 27.7 Å². The molecule has 0 radical (unpaired) electrons. The van der Waals surface area contributed by atoms with E-state index in [1.165, 1.54) is 0 Å². The fourth-order valence-corrected chi connectivity index (χ4v) is 3.53. The predicted octanol–water partition coefficient (Wildman–Crippen LogP) is 1.80. The lowest BCUT2D eigenvalue weighted by atomic mass is 10.1. The van der Waals surface area contributed by atoms with Crippen LogP contribution in [0.5, 0.6) is 0 Å². The number of hydrogen-bond acceptors (Lipinski definition) is 4. The van der Waals surface area contributed by atoms with Gasteiger partial charge >= 0.3 is 0 Å². The first-order chi connectivity index (χ1) is 10.0. The second-order valence-corrected chi connectivity index (χ2v) is 6.69. The SMILES string of the molecule is CCc1ccc(CN)cc1S(=O)(=O)NCCCCCOC. The molecule has 0 aromatic heterocycles. The number of benzene rings is 1. The maximum absolute atomic E-state index is 12.4. The average molecular weight is 314 g/mol. The van der Waals surface area contributed by atoms with Gasteiger partial charge < -0.3 is 10.5 Å². The van der Waals surface area contributed by atoms with Gasteiger partial charge in [0.25, 0.3) is 0 Å². The fourth-order valence-electron chi connectivity index (χ4n) is 2.10. The monoisotopic (exact) mass is 314 g/mol. The summed E-state index contributed by atoms with van der Waals surface area (Å²) >= 11 is 0. The van der Waals surface area contributed by atoms with E-state index in [1.807, 2.05) is 19.1 Å². The highest BCUT2D eigenvalue weighted by Crippen LogP contribution is 2.18. The summed E-state index contributed by atoms with van der Waals surface area (Å²) in [5.41, 5.74) is 7.24. The van der Waals surface area contributed by atoms with E-state index in [-0.39, 0.29) is 0 Å². The molecule has 21 heavy (non-hydrogen) atoms. The van der Waals surface area contributed by atoms with Crippen LogP contribution < -0.4 is 10.5 Å². The average Bonchev–Trinajstić information content (AvgIpc) is 2.50. The molecule has 120 valence electrons. The van der Waals surface area contributed by atoms with Gasteiger partial charge in [-0.15, -0.1) is 0 Å². The van der Waals surface area contributed by atoms with Crippen LogP contribution in [0.3, 0.4) is 0 Å². The maximum Gasteiger partial charge on any atom is 0.240 e. The standard InChI is InChI=1S/C15H26N2O3S/c1-3-14-8-7-13(12-16)11-15(14)21(18,19)17-9-5-4-6-10-20-2/h7-8,11,17H,3-6,9-10,12,16H2,1-2H3. The molecule has 0 aliphatic rings. The molecule has 5 nitrogen and oxygen atoms in total. The molecule has 1 aromatic rings. The Morgan fingerprint density at radius 1 is 1.24 bits per heavy atom. The van der Waals surface area contributed by atoms with Crippen LogP contribution in [0.15, 0.2) is 23.1 Å². The van der Waals surface area contributed by atoms with Crippen molar-refractivity contribution in [1.82, 2.24) is 4.72 Å². The van der Waals surface area contributed by atoms with Crippen molar-refractivity contribution in [2.75, 3.05) is 20.3 Å². The predicted molar refractivity (Wildman–Crippen MR) is 84.6 cm³/mol. The molecule has 0 atom stereocenters. The minimum atomic E-state index is -3.47. The van der Waals surface area contributed by atoms with Crippen LogP contribution in [0.1, 0.15) is 37.3 Å². The molecule has 0 fully saturated rings. The molecular weight excluding hydrogens is 288 g/mol.